The molecule has 1 N–H and O–H groups in total. The van der Waals surface area contributed by atoms with Crippen molar-refractivity contribution < 1.29 is 4.74 Å². The number of nitrogens with zero attached hydrogens (tertiary/aromatic N) is 3. The molecule has 0 radical (unpaired) electrons. The van der Waals surface area contributed by atoms with Crippen molar-refractivity contribution in [1.29, 1.82) is 0 Å². The van der Waals surface area contributed by atoms with Gasteiger partial charge in [-0.2, -0.15) is 0 Å². The van der Waals surface area contributed by atoms with Crippen molar-refractivity contribution in [2.24, 2.45) is 0 Å². The fraction of sp³-hybridized carbons (Fsp3) is 0.733. The van der Waals surface area contributed by atoms with E-state index in [-0.39, 0.29) is 0 Å². The quantitative estimate of drug-likeness (QED) is 0.752. The van der Waals surface area contributed by atoms with E-state index in [1.54, 1.807) is 7.11 Å². The maximum absolute atomic E-state index is 5.22. The van der Waals surface area contributed by atoms with Gasteiger partial charge in [-0.3, -0.25) is 0 Å². The van der Waals surface area contributed by atoms with Gasteiger partial charge in [-0.05, 0) is 19.3 Å². The molecular weight excluding hydrogens is 252 g/mol. The van der Waals surface area contributed by atoms with Crippen molar-refractivity contribution in [1.82, 2.24) is 9.97 Å². The molecule has 1 aliphatic carbocycles. The van der Waals surface area contributed by atoms with Gasteiger partial charge in [0.15, 0.2) is 0 Å². The summed E-state index contributed by atoms with van der Waals surface area (Å²) in [5.74, 6) is 2.89. The summed E-state index contributed by atoms with van der Waals surface area (Å²) in [7, 11) is 1.75. The fourth-order valence-corrected chi connectivity index (χ4v) is 2.19. The Morgan fingerprint density at radius 1 is 1.35 bits per heavy atom. The summed E-state index contributed by atoms with van der Waals surface area (Å²) in [4.78, 5) is 11.6. The fourth-order valence-electron chi connectivity index (χ4n) is 2.19. The highest BCUT2D eigenvalue weighted by Crippen LogP contribution is 2.31. The van der Waals surface area contributed by atoms with E-state index in [4.69, 9.17) is 9.72 Å². The second-order valence-electron chi connectivity index (χ2n) is 5.23. The highest BCUT2D eigenvalue weighted by atomic mass is 16.5. The standard InChI is InChI=1S/C15H26N4O/c1-4-8-16-14-11-15(18-13(5-2)17-14)19(9-10-20-3)12-6-7-12/h11-12H,4-10H2,1-3H3,(H,16,17,18). The maximum atomic E-state index is 5.22. The average molecular weight is 278 g/mol. The van der Waals surface area contributed by atoms with Crippen LogP contribution in [-0.4, -0.2) is 42.8 Å². The second kappa shape index (κ2) is 7.43. The van der Waals surface area contributed by atoms with Crippen LogP contribution < -0.4 is 10.2 Å². The van der Waals surface area contributed by atoms with Gasteiger partial charge in [0, 0.05) is 38.7 Å². The van der Waals surface area contributed by atoms with Gasteiger partial charge in [0.25, 0.3) is 0 Å². The molecule has 5 heteroatoms. The topological polar surface area (TPSA) is 50.3 Å². The van der Waals surface area contributed by atoms with Crippen LogP contribution in [0.2, 0.25) is 0 Å². The number of aromatic nitrogens is 2. The first-order chi connectivity index (χ1) is 9.78. The lowest BCUT2D eigenvalue weighted by Gasteiger charge is -2.24. The van der Waals surface area contributed by atoms with E-state index in [0.29, 0.717) is 6.04 Å². The molecule has 0 aromatic carbocycles. The van der Waals surface area contributed by atoms with Crippen molar-refractivity contribution >= 4 is 11.6 Å². The van der Waals surface area contributed by atoms with Gasteiger partial charge in [0.2, 0.25) is 0 Å². The van der Waals surface area contributed by atoms with E-state index in [1.807, 2.05) is 0 Å². The molecule has 1 heterocycles. The molecule has 20 heavy (non-hydrogen) atoms. The Morgan fingerprint density at radius 3 is 2.75 bits per heavy atom. The Bertz CT molecular complexity index is 420. The van der Waals surface area contributed by atoms with Crippen LogP contribution in [-0.2, 0) is 11.2 Å². The monoisotopic (exact) mass is 278 g/mol. The van der Waals surface area contributed by atoms with Gasteiger partial charge in [-0.25, -0.2) is 9.97 Å². The summed E-state index contributed by atoms with van der Waals surface area (Å²) in [6, 6.07) is 2.70. The largest absolute Gasteiger partial charge is 0.383 e. The number of aryl methyl sites for hydroxylation is 1. The molecule has 0 aliphatic heterocycles. The van der Waals surface area contributed by atoms with E-state index in [1.165, 1.54) is 12.8 Å². The smallest absolute Gasteiger partial charge is 0.134 e. The summed E-state index contributed by atoms with van der Waals surface area (Å²) < 4.78 is 5.22. The van der Waals surface area contributed by atoms with Crippen molar-refractivity contribution in [3.63, 3.8) is 0 Å². The van der Waals surface area contributed by atoms with E-state index in [9.17, 15) is 0 Å². The van der Waals surface area contributed by atoms with Gasteiger partial charge in [-0.15, -0.1) is 0 Å². The van der Waals surface area contributed by atoms with Crippen LogP contribution in [0.3, 0.4) is 0 Å². The Morgan fingerprint density at radius 2 is 2.15 bits per heavy atom. The number of ether oxygens (including phenoxy) is 1. The van der Waals surface area contributed by atoms with Crippen molar-refractivity contribution in [2.75, 3.05) is 37.0 Å². The number of methoxy groups -OCH3 is 1. The second-order valence-corrected chi connectivity index (χ2v) is 5.23. The summed E-state index contributed by atoms with van der Waals surface area (Å²) in [5, 5.41) is 3.37. The Kier molecular flexibility index (Phi) is 5.59. The maximum Gasteiger partial charge on any atom is 0.134 e. The van der Waals surface area contributed by atoms with Crippen LogP contribution in [0.5, 0.6) is 0 Å². The molecule has 1 aromatic heterocycles. The zero-order valence-electron chi connectivity index (χ0n) is 12.9. The molecule has 1 fully saturated rings. The molecule has 112 valence electrons. The van der Waals surface area contributed by atoms with Gasteiger partial charge in [-0.1, -0.05) is 13.8 Å². The van der Waals surface area contributed by atoms with E-state index < -0.39 is 0 Å². The summed E-state index contributed by atoms with van der Waals surface area (Å²) in [6.07, 6.45) is 4.47. The first-order valence-electron chi connectivity index (χ1n) is 7.65. The SMILES string of the molecule is CCCNc1cc(N(CCOC)C2CC2)nc(CC)n1. The highest BCUT2D eigenvalue weighted by molar-refractivity contribution is 5.51. The minimum atomic E-state index is 0.629. The first kappa shape index (κ1) is 15.0. The van der Waals surface area contributed by atoms with Crippen LogP contribution in [0.4, 0.5) is 11.6 Å². The third-order valence-electron chi connectivity index (χ3n) is 3.45. The lowest BCUT2D eigenvalue weighted by Crippen LogP contribution is -2.30. The molecule has 0 bridgehead atoms. The highest BCUT2D eigenvalue weighted by Gasteiger charge is 2.30. The lowest BCUT2D eigenvalue weighted by atomic mass is 10.3. The molecule has 0 saturated heterocycles. The van der Waals surface area contributed by atoms with Gasteiger partial charge in [0.1, 0.15) is 17.5 Å². The Hall–Kier alpha value is -1.36. The van der Waals surface area contributed by atoms with Crippen LogP contribution >= 0.6 is 0 Å². The Balaban J connectivity index is 2.18. The predicted molar refractivity (Wildman–Crippen MR) is 82.4 cm³/mol. The third-order valence-corrected chi connectivity index (χ3v) is 3.45. The molecule has 0 atom stereocenters. The van der Waals surface area contributed by atoms with Crippen LogP contribution in [0.1, 0.15) is 38.9 Å². The van der Waals surface area contributed by atoms with Crippen LogP contribution in [0, 0.1) is 0 Å². The summed E-state index contributed by atoms with van der Waals surface area (Å²) in [6.45, 7) is 6.83. The summed E-state index contributed by atoms with van der Waals surface area (Å²) in [5.41, 5.74) is 0. The minimum absolute atomic E-state index is 0.629. The molecule has 0 amide bonds. The number of rotatable bonds is 9. The van der Waals surface area contributed by atoms with Gasteiger partial charge in [0.05, 0.1) is 6.61 Å². The molecule has 0 spiro atoms. The van der Waals surface area contributed by atoms with E-state index in [2.05, 4.69) is 35.1 Å². The number of nitrogens with one attached hydrogen (secondary N) is 1. The number of hydrogen-bond acceptors (Lipinski definition) is 5. The molecule has 0 unspecified atom stereocenters. The number of hydrogen-bond donors (Lipinski definition) is 1. The van der Waals surface area contributed by atoms with E-state index in [0.717, 1.165) is 50.0 Å². The molecule has 1 saturated carbocycles. The third kappa shape index (κ3) is 4.07. The lowest BCUT2D eigenvalue weighted by molar-refractivity contribution is 0.204. The van der Waals surface area contributed by atoms with Crippen LogP contribution in [0.15, 0.2) is 6.07 Å². The molecule has 5 nitrogen and oxygen atoms in total. The number of anilines is 2. The summed E-state index contributed by atoms with van der Waals surface area (Å²) >= 11 is 0. The van der Waals surface area contributed by atoms with E-state index >= 15 is 0 Å². The van der Waals surface area contributed by atoms with Gasteiger partial charge >= 0.3 is 0 Å². The zero-order valence-corrected chi connectivity index (χ0v) is 12.9. The molecule has 2 rings (SSSR count). The predicted octanol–water partition coefficient (Wildman–Crippen LogP) is 2.48. The van der Waals surface area contributed by atoms with Crippen molar-refractivity contribution in [3.05, 3.63) is 11.9 Å². The normalized spacial score (nSPS) is 14.3. The first-order valence-corrected chi connectivity index (χ1v) is 7.65. The van der Waals surface area contributed by atoms with Crippen molar-refractivity contribution in [2.45, 2.75) is 45.6 Å². The average Bonchev–Trinajstić information content (AvgIpc) is 3.30. The minimum Gasteiger partial charge on any atom is -0.383 e. The molecule has 1 aromatic rings. The molecule has 1 aliphatic rings. The zero-order chi connectivity index (χ0) is 14.4. The van der Waals surface area contributed by atoms with Crippen LogP contribution in [0.25, 0.3) is 0 Å². The molecular formula is C15H26N4O. The Labute approximate surface area is 121 Å². The van der Waals surface area contributed by atoms with Crippen molar-refractivity contribution in [3.8, 4) is 0 Å². The van der Waals surface area contributed by atoms with Gasteiger partial charge < -0.3 is 15.0 Å².